The van der Waals surface area contributed by atoms with E-state index < -0.39 is 60.2 Å². The number of carboxylic acid groups (broad SMARTS) is 2. The van der Waals surface area contributed by atoms with Crippen molar-refractivity contribution in [3.8, 4) is 0 Å². The lowest BCUT2D eigenvalue weighted by Crippen LogP contribution is -2.57. The fraction of sp³-hybridized carbons (Fsp3) is 0.519. The third-order valence-corrected chi connectivity index (χ3v) is 7.19. The standard InChI is InChI=1S/C27H40N6O7S/c1-41-13-11-18(29)24(36)33-22(14-16-15-30-19-7-3-2-6-17(16)19)26(38)31-20(8-4-5-12-28)25(37)32-21(27(39)40)9-10-23(34)35/h2-3,6-7,15,18,20-22,30H,4-5,8-14,28-29H2,1H3,(H,31,38)(H,32,37)(H,33,36)(H,34,35)(H,39,40). The molecule has 0 saturated heterocycles. The predicted molar refractivity (Wildman–Crippen MR) is 156 cm³/mol. The van der Waals surface area contributed by atoms with Crippen molar-refractivity contribution in [2.24, 2.45) is 11.5 Å². The van der Waals surface area contributed by atoms with Crippen molar-refractivity contribution in [1.29, 1.82) is 0 Å². The smallest absolute Gasteiger partial charge is 0.326 e. The van der Waals surface area contributed by atoms with E-state index >= 15 is 0 Å². The Balaban J connectivity index is 2.28. The second-order valence-electron chi connectivity index (χ2n) is 9.69. The van der Waals surface area contributed by atoms with Crippen molar-refractivity contribution in [2.45, 2.75) is 69.1 Å². The zero-order valence-corrected chi connectivity index (χ0v) is 23.9. The monoisotopic (exact) mass is 592 g/mol. The number of carbonyl (C=O) groups excluding carboxylic acids is 3. The topological polar surface area (TPSA) is 230 Å². The molecule has 10 N–H and O–H groups in total. The molecular weight excluding hydrogens is 552 g/mol. The Morgan fingerprint density at radius 1 is 0.902 bits per heavy atom. The fourth-order valence-electron chi connectivity index (χ4n) is 4.22. The summed E-state index contributed by atoms with van der Waals surface area (Å²) in [5, 5.41) is 27.0. The van der Waals surface area contributed by atoms with Gasteiger partial charge in [0, 0.05) is 29.9 Å². The highest BCUT2D eigenvalue weighted by atomic mass is 32.2. The molecule has 1 aromatic heterocycles. The van der Waals surface area contributed by atoms with Gasteiger partial charge in [-0.05, 0) is 62.3 Å². The molecule has 1 aromatic carbocycles. The maximum atomic E-state index is 13.6. The van der Waals surface area contributed by atoms with Crippen LogP contribution in [0.25, 0.3) is 10.9 Å². The van der Waals surface area contributed by atoms with Gasteiger partial charge < -0.3 is 42.6 Å². The summed E-state index contributed by atoms with van der Waals surface area (Å²) in [7, 11) is 0. The van der Waals surface area contributed by atoms with Gasteiger partial charge >= 0.3 is 11.9 Å². The third-order valence-electron chi connectivity index (χ3n) is 6.54. The van der Waals surface area contributed by atoms with E-state index in [2.05, 4.69) is 20.9 Å². The molecule has 4 atom stereocenters. The number of thioether (sulfide) groups is 1. The molecule has 2 rings (SSSR count). The summed E-state index contributed by atoms with van der Waals surface area (Å²) in [6.45, 7) is 0.353. The number of carboxylic acids is 2. The Morgan fingerprint density at radius 3 is 2.22 bits per heavy atom. The molecule has 0 spiro atoms. The van der Waals surface area contributed by atoms with Crippen molar-refractivity contribution in [2.75, 3.05) is 18.6 Å². The van der Waals surface area contributed by atoms with Crippen LogP contribution in [-0.4, -0.2) is 87.6 Å². The lowest BCUT2D eigenvalue weighted by Gasteiger charge is -2.25. The first-order valence-corrected chi connectivity index (χ1v) is 14.8. The molecule has 0 radical (unpaired) electrons. The zero-order chi connectivity index (χ0) is 30.4. The molecule has 0 bridgehead atoms. The van der Waals surface area contributed by atoms with E-state index in [9.17, 15) is 29.1 Å². The van der Waals surface area contributed by atoms with Gasteiger partial charge in [-0.1, -0.05) is 18.2 Å². The van der Waals surface area contributed by atoms with Crippen LogP contribution in [0, 0.1) is 0 Å². The van der Waals surface area contributed by atoms with Crippen LogP contribution in [0.2, 0.25) is 0 Å². The van der Waals surface area contributed by atoms with Gasteiger partial charge in [-0.15, -0.1) is 0 Å². The van der Waals surface area contributed by atoms with Crippen LogP contribution in [0.15, 0.2) is 30.5 Å². The fourth-order valence-corrected chi connectivity index (χ4v) is 4.71. The summed E-state index contributed by atoms with van der Waals surface area (Å²) >= 11 is 1.54. The van der Waals surface area contributed by atoms with E-state index in [1.165, 1.54) is 11.8 Å². The highest BCUT2D eigenvalue weighted by molar-refractivity contribution is 7.98. The molecule has 0 saturated carbocycles. The number of fused-ring (bicyclic) bond motifs is 1. The number of nitrogens with two attached hydrogens (primary N) is 2. The molecule has 0 fully saturated rings. The number of hydrogen-bond acceptors (Lipinski definition) is 8. The van der Waals surface area contributed by atoms with E-state index in [1.54, 1.807) is 6.20 Å². The molecule has 2 aromatic rings. The summed E-state index contributed by atoms with van der Waals surface area (Å²) in [5.41, 5.74) is 13.2. The number of hydrogen-bond donors (Lipinski definition) is 8. The van der Waals surface area contributed by atoms with Crippen molar-refractivity contribution >= 4 is 52.3 Å². The number of carbonyl (C=O) groups is 5. The lowest BCUT2D eigenvalue weighted by molar-refractivity contribution is -0.143. The first-order valence-electron chi connectivity index (χ1n) is 13.4. The van der Waals surface area contributed by atoms with Crippen LogP contribution in [0.3, 0.4) is 0 Å². The highest BCUT2D eigenvalue weighted by Gasteiger charge is 2.31. The Hall–Kier alpha value is -3.62. The Labute approximate surface area is 242 Å². The predicted octanol–water partition coefficient (Wildman–Crippen LogP) is 0.324. The van der Waals surface area contributed by atoms with E-state index in [0.717, 1.165) is 16.5 Å². The first-order chi connectivity index (χ1) is 19.6. The van der Waals surface area contributed by atoms with E-state index in [1.807, 2.05) is 30.5 Å². The number of aromatic amines is 1. The summed E-state index contributed by atoms with van der Waals surface area (Å²) < 4.78 is 0. The van der Waals surface area contributed by atoms with E-state index in [0.29, 0.717) is 31.6 Å². The number of aliphatic carboxylic acids is 2. The number of benzene rings is 1. The van der Waals surface area contributed by atoms with Crippen molar-refractivity contribution in [3.05, 3.63) is 36.0 Å². The number of amides is 3. The third kappa shape index (κ3) is 11.1. The average Bonchev–Trinajstić information content (AvgIpc) is 3.35. The van der Waals surface area contributed by atoms with Crippen molar-refractivity contribution in [1.82, 2.24) is 20.9 Å². The highest BCUT2D eigenvalue weighted by Crippen LogP contribution is 2.19. The largest absolute Gasteiger partial charge is 0.481 e. The van der Waals surface area contributed by atoms with Crippen LogP contribution in [0.1, 0.15) is 44.1 Å². The molecular formula is C27H40N6O7S. The summed E-state index contributed by atoms with van der Waals surface area (Å²) in [6, 6.07) is 2.96. The molecule has 0 aliphatic rings. The minimum atomic E-state index is -1.45. The molecule has 3 amide bonds. The maximum absolute atomic E-state index is 13.6. The minimum Gasteiger partial charge on any atom is -0.481 e. The first kappa shape index (κ1) is 33.6. The average molecular weight is 593 g/mol. The number of para-hydroxylation sites is 1. The van der Waals surface area contributed by atoms with Gasteiger partial charge in [-0.2, -0.15) is 11.8 Å². The Kier molecular flexibility index (Phi) is 14.1. The Morgan fingerprint density at radius 2 is 1.56 bits per heavy atom. The molecule has 0 aliphatic carbocycles. The van der Waals surface area contributed by atoms with Crippen LogP contribution >= 0.6 is 11.8 Å². The summed E-state index contributed by atoms with van der Waals surface area (Å²) in [5.74, 6) is -3.87. The number of aromatic nitrogens is 1. The number of rotatable bonds is 19. The minimum absolute atomic E-state index is 0.102. The van der Waals surface area contributed by atoms with Gasteiger partial charge in [0.15, 0.2) is 0 Å². The van der Waals surface area contributed by atoms with Gasteiger partial charge in [0.2, 0.25) is 17.7 Å². The molecule has 4 unspecified atom stereocenters. The molecule has 0 aliphatic heterocycles. The molecule has 13 nitrogen and oxygen atoms in total. The molecule has 14 heteroatoms. The van der Waals surface area contributed by atoms with E-state index in [4.69, 9.17) is 16.6 Å². The van der Waals surface area contributed by atoms with Crippen LogP contribution in [0.4, 0.5) is 0 Å². The lowest BCUT2D eigenvalue weighted by atomic mass is 10.0. The molecule has 1 heterocycles. The van der Waals surface area contributed by atoms with E-state index in [-0.39, 0.29) is 19.3 Å². The van der Waals surface area contributed by atoms with Gasteiger partial charge in [-0.3, -0.25) is 19.2 Å². The quantitative estimate of drug-likeness (QED) is 0.104. The van der Waals surface area contributed by atoms with Crippen LogP contribution in [-0.2, 0) is 30.4 Å². The zero-order valence-electron chi connectivity index (χ0n) is 23.1. The van der Waals surface area contributed by atoms with Gasteiger partial charge in [-0.25, -0.2) is 4.79 Å². The molecule has 41 heavy (non-hydrogen) atoms. The number of unbranched alkanes of at least 4 members (excludes halogenated alkanes) is 1. The number of H-pyrrole nitrogens is 1. The van der Waals surface area contributed by atoms with Gasteiger partial charge in [0.05, 0.1) is 6.04 Å². The Bertz CT molecular complexity index is 1190. The van der Waals surface area contributed by atoms with Crippen LogP contribution < -0.4 is 27.4 Å². The van der Waals surface area contributed by atoms with Gasteiger partial charge in [0.25, 0.3) is 0 Å². The SMILES string of the molecule is CSCCC(N)C(=O)NC(Cc1c[nH]c2ccccc12)C(=O)NC(CCCCN)C(=O)NC(CCC(=O)O)C(=O)O. The normalized spacial score (nSPS) is 14.0. The van der Waals surface area contributed by atoms with Crippen LogP contribution in [0.5, 0.6) is 0 Å². The maximum Gasteiger partial charge on any atom is 0.326 e. The second-order valence-corrected chi connectivity index (χ2v) is 10.7. The van der Waals surface area contributed by atoms with Gasteiger partial charge in [0.1, 0.15) is 18.1 Å². The second kappa shape index (κ2) is 17.3. The number of nitrogens with one attached hydrogen (secondary N) is 4. The molecule has 226 valence electrons. The van der Waals surface area contributed by atoms with Crippen molar-refractivity contribution in [3.63, 3.8) is 0 Å². The summed E-state index contributed by atoms with van der Waals surface area (Å²) in [6.07, 6.45) is 4.53. The van der Waals surface area contributed by atoms with Crippen molar-refractivity contribution < 1.29 is 34.2 Å². The summed E-state index contributed by atoms with van der Waals surface area (Å²) in [4.78, 5) is 65.3.